The van der Waals surface area contributed by atoms with Crippen molar-refractivity contribution in [3.8, 4) is 21.8 Å². The van der Waals surface area contributed by atoms with E-state index in [0.29, 0.717) is 27.3 Å². The number of thiazole rings is 1. The first kappa shape index (κ1) is 15.6. The fourth-order valence-electron chi connectivity index (χ4n) is 2.11. The molecule has 2 heterocycles. The molecule has 0 fully saturated rings. The molecular formula is C17H13ClN2O2S. The Morgan fingerprint density at radius 3 is 2.70 bits per heavy atom. The van der Waals surface area contributed by atoms with Crippen LogP contribution in [0.4, 0.5) is 0 Å². The fourth-order valence-corrected chi connectivity index (χ4v) is 3.26. The summed E-state index contributed by atoms with van der Waals surface area (Å²) >= 11 is 7.24. The second-order valence-electron chi connectivity index (χ2n) is 4.65. The molecule has 0 saturated heterocycles. The van der Waals surface area contributed by atoms with Crippen molar-refractivity contribution in [2.45, 2.75) is 6.92 Å². The molecule has 0 saturated carbocycles. The van der Waals surface area contributed by atoms with Crippen LogP contribution in [0.25, 0.3) is 21.8 Å². The van der Waals surface area contributed by atoms with Crippen molar-refractivity contribution in [2.75, 3.05) is 6.61 Å². The van der Waals surface area contributed by atoms with Gasteiger partial charge >= 0.3 is 5.97 Å². The van der Waals surface area contributed by atoms with Gasteiger partial charge in [-0.3, -0.25) is 0 Å². The molecule has 0 aliphatic heterocycles. The third kappa shape index (κ3) is 3.41. The Kier molecular flexibility index (Phi) is 4.69. The Morgan fingerprint density at radius 2 is 2.00 bits per heavy atom. The number of pyridine rings is 1. The van der Waals surface area contributed by atoms with E-state index in [0.717, 1.165) is 11.1 Å². The molecule has 2 aromatic heterocycles. The minimum absolute atomic E-state index is 0.321. The number of esters is 1. The van der Waals surface area contributed by atoms with Crippen LogP contribution in [0.1, 0.15) is 16.6 Å². The van der Waals surface area contributed by atoms with Crippen LogP contribution in [0.3, 0.4) is 0 Å². The third-order valence-electron chi connectivity index (χ3n) is 3.11. The number of halogens is 1. The van der Waals surface area contributed by atoms with Gasteiger partial charge in [-0.2, -0.15) is 0 Å². The summed E-state index contributed by atoms with van der Waals surface area (Å²) < 4.78 is 5.16. The maximum Gasteiger partial charge on any atom is 0.350 e. The number of nitrogens with zero attached hydrogens (tertiary/aromatic N) is 2. The number of carbonyl (C=O) groups is 1. The van der Waals surface area contributed by atoms with Crippen molar-refractivity contribution in [1.82, 2.24) is 9.97 Å². The summed E-state index contributed by atoms with van der Waals surface area (Å²) in [5, 5.41) is 1.09. The van der Waals surface area contributed by atoms with Crippen molar-refractivity contribution in [2.24, 2.45) is 0 Å². The lowest BCUT2D eigenvalue weighted by Gasteiger charge is -2.01. The van der Waals surface area contributed by atoms with Gasteiger partial charge in [0, 0.05) is 17.3 Å². The molecule has 3 aromatic rings. The van der Waals surface area contributed by atoms with E-state index in [-0.39, 0.29) is 5.97 Å². The largest absolute Gasteiger partial charge is 0.462 e. The smallest absolute Gasteiger partial charge is 0.350 e. The normalized spacial score (nSPS) is 10.5. The maximum absolute atomic E-state index is 12.3. The van der Waals surface area contributed by atoms with Gasteiger partial charge in [0.1, 0.15) is 15.0 Å². The molecule has 116 valence electrons. The van der Waals surface area contributed by atoms with E-state index in [4.69, 9.17) is 16.3 Å². The Bertz CT molecular complexity index is 834. The van der Waals surface area contributed by atoms with E-state index in [1.165, 1.54) is 11.3 Å². The van der Waals surface area contributed by atoms with E-state index >= 15 is 0 Å². The third-order valence-corrected chi connectivity index (χ3v) is 4.40. The molecule has 0 aliphatic carbocycles. The highest BCUT2D eigenvalue weighted by Crippen LogP contribution is 2.34. The SMILES string of the molecule is CCOC(=O)c1sc(-c2ccnc(Cl)c2)nc1-c1ccccc1. The van der Waals surface area contributed by atoms with Gasteiger partial charge in [0.25, 0.3) is 0 Å². The zero-order chi connectivity index (χ0) is 16.2. The van der Waals surface area contributed by atoms with Crippen LogP contribution >= 0.6 is 22.9 Å². The highest BCUT2D eigenvalue weighted by atomic mass is 35.5. The van der Waals surface area contributed by atoms with Gasteiger partial charge in [-0.1, -0.05) is 41.9 Å². The average Bonchev–Trinajstić information content (AvgIpc) is 3.01. The molecule has 0 N–H and O–H groups in total. The van der Waals surface area contributed by atoms with Crippen molar-refractivity contribution < 1.29 is 9.53 Å². The first-order valence-corrected chi connectivity index (χ1v) is 8.23. The molecule has 0 radical (unpaired) electrons. The molecular weight excluding hydrogens is 332 g/mol. The fraction of sp³-hybridized carbons (Fsp3) is 0.118. The number of benzene rings is 1. The lowest BCUT2D eigenvalue weighted by Crippen LogP contribution is -2.03. The molecule has 0 spiro atoms. The summed E-state index contributed by atoms with van der Waals surface area (Å²) in [4.78, 5) is 21.3. The van der Waals surface area contributed by atoms with Gasteiger partial charge < -0.3 is 4.74 Å². The maximum atomic E-state index is 12.3. The predicted molar refractivity (Wildman–Crippen MR) is 91.7 cm³/mol. The lowest BCUT2D eigenvalue weighted by molar-refractivity contribution is 0.0532. The van der Waals surface area contributed by atoms with Crippen molar-refractivity contribution in [3.05, 3.63) is 58.7 Å². The monoisotopic (exact) mass is 344 g/mol. The van der Waals surface area contributed by atoms with E-state index in [9.17, 15) is 4.79 Å². The summed E-state index contributed by atoms with van der Waals surface area (Å²) in [6.07, 6.45) is 1.62. The molecule has 6 heteroatoms. The van der Waals surface area contributed by atoms with Crippen molar-refractivity contribution in [1.29, 1.82) is 0 Å². The number of hydrogen-bond donors (Lipinski definition) is 0. The van der Waals surface area contributed by atoms with Crippen molar-refractivity contribution >= 4 is 28.9 Å². The van der Waals surface area contributed by atoms with E-state index in [1.54, 1.807) is 19.2 Å². The topological polar surface area (TPSA) is 52.1 Å². The Balaban J connectivity index is 2.12. The standard InChI is InChI=1S/C17H13ClN2O2S/c1-2-22-17(21)15-14(11-6-4-3-5-7-11)20-16(23-15)12-8-9-19-13(18)10-12/h3-10H,2H2,1H3. The summed E-state index contributed by atoms with van der Waals surface area (Å²) in [6, 6.07) is 13.1. The first-order valence-electron chi connectivity index (χ1n) is 7.04. The van der Waals surface area contributed by atoms with Crippen LogP contribution in [0.5, 0.6) is 0 Å². The van der Waals surface area contributed by atoms with Crippen LogP contribution in [-0.2, 0) is 4.74 Å². The van der Waals surface area contributed by atoms with Crippen LogP contribution in [0, 0.1) is 0 Å². The lowest BCUT2D eigenvalue weighted by atomic mass is 10.1. The molecule has 0 bridgehead atoms. The first-order chi connectivity index (χ1) is 11.2. The van der Waals surface area contributed by atoms with E-state index in [2.05, 4.69) is 9.97 Å². The molecule has 23 heavy (non-hydrogen) atoms. The van der Waals surface area contributed by atoms with Crippen LogP contribution in [0.15, 0.2) is 48.7 Å². The number of hydrogen-bond acceptors (Lipinski definition) is 5. The van der Waals surface area contributed by atoms with Crippen LogP contribution in [-0.4, -0.2) is 22.5 Å². The molecule has 4 nitrogen and oxygen atoms in total. The quantitative estimate of drug-likeness (QED) is 0.508. The zero-order valence-electron chi connectivity index (χ0n) is 12.3. The van der Waals surface area contributed by atoms with Crippen LogP contribution < -0.4 is 0 Å². The number of ether oxygens (including phenoxy) is 1. The minimum atomic E-state index is -0.366. The van der Waals surface area contributed by atoms with Gasteiger partial charge in [-0.05, 0) is 19.1 Å². The molecule has 0 amide bonds. The predicted octanol–water partition coefficient (Wildman–Crippen LogP) is 4.70. The Morgan fingerprint density at radius 1 is 1.22 bits per heavy atom. The molecule has 1 aromatic carbocycles. The zero-order valence-corrected chi connectivity index (χ0v) is 13.9. The van der Waals surface area contributed by atoms with Gasteiger partial charge in [0.2, 0.25) is 0 Å². The van der Waals surface area contributed by atoms with Gasteiger partial charge in [-0.25, -0.2) is 14.8 Å². The number of rotatable bonds is 4. The van der Waals surface area contributed by atoms with E-state index < -0.39 is 0 Å². The summed E-state index contributed by atoms with van der Waals surface area (Å²) in [7, 11) is 0. The second-order valence-corrected chi connectivity index (χ2v) is 6.04. The van der Waals surface area contributed by atoms with E-state index in [1.807, 2.05) is 36.4 Å². The van der Waals surface area contributed by atoms with Crippen LogP contribution in [0.2, 0.25) is 5.15 Å². The Labute approximate surface area is 142 Å². The van der Waals surface area contributed by atoms with Gasteiger partial charge in [-0.15, -0.1) is 11.3 Å². The number of aromatic nitrogens is 2. The van der Waals surface area contributed by atoms with Crippen molar-refractivity contribution in [3.63, 3.8) is 0 Å². The highest BCUT2D eigenvalue weighted by molar-refractivity contribution is 7.17. The molecule has 0 atom stereocenters. The second kappa shape index (κ2) is 6.89. The Hall–Kier alpha value is -2.24. The minimum Gasteiger partial charge on any atom is -0.462 e. The highest BCUT2D eigenvalue weighted by Gasteiger charge is 2.21. The molecule has 3 rings (SSSR count). The molecule has 0 unspecified atom stereocenters. The average molecular weight is 345 g/mol. The summed E-state index contributed by atoms with van der Waals surface area (Å²) in [6.45, 7) is 2.10. The van der Waals surface area contributed by atoms with Gasteiger partial charge in [0.15, 0.2) is 0 Å². The number of carbonyl (C=O) groups excluding carboxylic acids is 1. The molecule has 0 aliphatic rings. The van der Waals surface area contributed by atoms with Gasteiger partial charge in [0.05, 0.1) is 12.3 Å². The summed E-state index contributed by atoms with van der Waals surface area (Å²) in [5.74, 6) is -0.366. The summed E-state index contributed by atoms with van der Waals surface area (Å²) in [5.41, 5.74) is 2.32.